The third-order valence-corrected chi connectivity index (χ3v) is 8.17. The lowest BCUT2D eigenvalue weighted by Gasteiger charge is -2.34. The highest BCUT2D eigenvalue weighted by Gasteiger charge is 2.25. The van der Waals surface area contributed by atoms with Crippen molar-refractivity contribution in [3.8, 4) is 5.69 Å². The number of carbonyl (C=O) groups is 3. The van der Waals surface area contributed by atoms with Crippen LogP contribution >= 0.6 is 0 Å². The minimum atomic E-state index is -0.425. The maximum absolute atomic E-state index is 13.2. The molecule has 6 rings (SSSR count). The molecular formula is C36H34N6O6. The number of fused-ring (bicyclic) bond motifs is 1. The Balaban J connectivity index is 1.14. The number of carbonyl (C=O) groups excluding carboxylic acids is 3. The Bertz CT molecular complexity index is 2000. The number of methoxy groups -OCH3 is 1. The zero-order valence-electron chi connectivity index (χ0n) is 26.6. The van der Waals surface area contributed by atoms with E-state index >= 15 is 0 Å². The lowest BCUT2D eigenvalue weighted by atomic mass is 10.1. The number of amides is 2. The second-order valence-electron chi connectivity index (χ2n) is 11.3. The molecule has 12 heteroatoms. The van der Waals surface area contributed by atoms with Gasteiger partial charge in [-0.2, -0.15) is 4.98 Å². The minimum absolute atomic E-state index is 0.212. The van der Waals surface area contributed by atoms with Gasteiger partial charge >= 0.3 is 12.1 Å². The van der Waals surface area contributed by atoms with E-state index in [0.717, 1.165) is 16.5 Å². The van der Waals surface area contributed by atoms with Crippen LogP contribution in [-0.2, 0) is 22.6 Å². The Morgan fingerprint density at radius 1 is 0.792 bits per heavy atom. The summed E-state index contributed by atoms with van der Waals surface area (Å²) in [4.78, 5) is 63.6. The molecule has 0 radical (unpaired) electrons. The molecule has 48 heavy (non-hydrogen) atoms. The first-order valence-electron chi connectivity index (χ1n) is 15.5. The van der Waals surface area contributed by atoms with Crippen LogP contribution in [0.1, 0.15) is 37.5 Å². The molecular weight excluding hydrogens is 612 g/mol. The molecule has 0 spiro atoms. The Kier molecular flexibility index (Phi) is 9.42. The highest BCUT2D eigenvalue weighted by Crippen LogP contribution is 2.22. The number of rotatable bonds is 8. The topological polar surface area (TPSA) is 136 Å². The maximum atomic E-state index is 13.2. The average molecular weight is 647 g/mol. The van der Waals surface area contributed by atoms with Crippen LogP contribution < -0.4 is 15.8 Å². The fourth-order valence-corrected chi connectivity index (χ4v) is 5.46. The molecule has 0 saturated carbocycles. The van der Waals surface area contributed by atoms with Crippen molar-refractivity contribution in [3.05, 3.63) is 129 Å². The molecule has 0 bridgehead atoms. The van der Waals surface area contributed by atoms with Gasteiger partial charge in [0.15, 0.2) is 5.65 Å². The molecule has 1 aliphatic heterocycles. The van der Waals surface area contributed by atoms with Crippen LogP contribution in [0.4, 0.5) is 10.7 Å². The maximum Gasteiger partial charge on any atom is 0.410 e. The van der Waals surface area contributed by atoms with Crippen LogP contribution in [0.2, 0.25) is 0 Å². The standard InChI is InChI=1S/C36H34N6O6/c1-24-30-16-17-31(43)42(29-14-12-27(13-15-29)33(44)37-22-25-8-10-28(11-9-25)34(45)47-2)32(30)39-35(38-24)40-18-20-41(21-19-40)36(46)48-23-26-6-4-3-5-7-26/h3-17H,18-23H2,1-2H3,(H,37,44). The van der Waals surface area contributed by atoms with Gasteiger partial charge in [-0.3, -0.25) is 14.2 Å². The summed E-state index contributed by atoms with van der Waals surface area (Å²) in [7, 11) is 1.32. The van der Waals surface area contributed by atoms with E-state index < -0.39 is 5.97 Å². The molecule has 1 aliphatic rings. The number of aryl methyl sites for hydroxylation is 1. The number of anilines is 1. The first-order valence-corrected chi connectivity index (χ1v) is 15.5. The molecule has 1 saturated heterocycles. The van der Waals surface area contributed by atoms with Crippen LogP contribution in [0.3, 0.4) is 0 Å². The van der Waals surface area contributed by atoms with E-state index in [0.29, 0.717) is 60.3 Å². The molecule has 0 aliphatic carbocycles. The van der Waals surface area contributed by atoms with E-state index in [4.69, 9.17) is 19.4 Å². The average Bonchev–Trinajstić information content (AvgIpc) is 3.13. The normalized spacial score (nSPS) is 12.9. The number of pyridine rings is 1. The minimum Gasteiger partial charge on any atom is -0.465 e. The second-order valence-corrected chi connectivity index (χ2v) is 11.3. The van der Waals surface area contributed by atoms with Crippen molar-refractivity contribution in [1.82, 2.24) is 24.8 Å². The lowest BCUT2D eigenvalue weighted by Crippen LogP contribution is -2.49. The van der Waals surface area contributed by atoms with E-state index in [9.17, 15) is 19.2 Å². The number of benzene rings is 3. The Morgan fingerprint density at radius 2 is 1.48 bits per heavy atom. The van der Waals surface area contributed by atoms with Gasteiger partial charge in [-0.05, 0) is 60.5 Å². The zero-order chi connectivity index (χ0) is 33.6. The number of esters is 1. The summed E-state index contributed by atoms with van der Waals surface area (Å²) in [6.07, 6.45) is -0.366. The molecule has 1 N–H and O–H groups in total. The summed E-state index contributed by atoms with van der Waals surface area (Å²) in [5.41, 5.74) is 4.04. The highest BCUT2D eigenvalue weighted by atomic mass is 16.6. The zero-order valence-corrected chi connectivity index (χ0v) is 26.6. The highest BCUT2D eigenvalue weighted by molar-refractivity contribution is 5.94. The molecule has 2 aromatic heterocycles. The van der Waals surface area contributed by atoms with Crippen molar-refractivity contribution in [2.45, 2.75) is 20.1 Å². The van der Waals surface area contributed by atoms with Crippen LogP contribution in [0, 0.1) is 6.92 Å². The third kappa shape index (κ3) is 7.02. The fraction of sp³-hybridized carbons (Fsp3) is 0.222. The van der Waals surface area contributed by atoms with E-state index in [2.05, 4.69) is 5.32 Å². The summed E-state index contributed by atoms with van der Waals surface area (Å²) in [6.45, 7) is 4.24. The van der Waals surface area contributed by atoms with Gasteiger partial charge in [0, 0.05) is 49.7 Å². The lowest BCUT2D eigenvalue weighted by molar-refractivity contribution is 0.0600. The first kappa shape index (κ1) is 31.9. The number of nitrogens with zero attached hydrogens (tertiary/aromatic N) is 5. The quantitative estimate of drug-likeness (QED) is 0.245. The Labute approximate surface area is 276 Å². The molecule has 3 heterocycles. The van der Waals surface area contributed by atoms with Gasteiger partial charge in [-0.15, -0.1) is 0 Å². The number of aromatic nitrogens is 3. The summed E-state index contributed by atoms with van der Waals surface area (Å²) >= 11 is 0. The summed E-state index contributed by atoms with van der Waals surface area (Å²) in [5.74, 6) is -0.245. The molecule has 0 atom stereocenters. The van der Waals surface area contributed by atoms with Gasteiger partial charge in [-0.25, -0.2) is 14.6 Å². The monoisotopic (exact) mass is 646 g/mol. The van der Waals surface area contributed by atoms with E-state index in [1.165, 1.54) is 17.7 Å². The van der Waals surface area contributed by atoms with Gasteiger partial charge in [0.1, 0.15) is 6.61 Å². The van der Waals surface area contributed by atoms with Crippen LogP contribution in [0.5, 0.6) is 0 Å². The predicted molar refractivity (Wildman–Crippen MR) is 179 cm³/mol. The van der Waals surface area contributed by atoms with Gasteiger partial charge < -0.3 is 24.6 Å². The van der Waals surface area contributed by atoms with Gasteiger partial charge in [0.2, 0.25) is 5.95 Å². The van der Waals surface area contributed by atoms with Crippen molar-refractivity contribution in [2.24, 2.45) is 0 Å². The van der Waals surface area contributed by atoms with E-state index in [1.54, 1.807) is 59.5 Å². The van der Waals surface area contributed by atoms with E-state index in [-0.39, 0.29) is 30.7 Å². The number of piperazine rings is 1. The summed E-state index contributed by atoms with van der Waals surface area (Å²) < 4.78 is 11.7. The van der Waals surface area contributed by atoms with Crippen molar-refractivity contribution in [1.29, 1.82) is 0 Å². The van der Waals surface area contributed by atoms with Gasteiger partial charge in [-0.1, -0.05) is 42.5 Å². The Hall–Kier alpha value is -6.04. The van der Waals surface area contributed by atoms with Crippen molar-refractivity contribution in [3.63, 3.8) is 0 Å². The van der Waals surface area contributed by atoms with Gasteiger partial charge in [0.05, 0.1) is 24.1 Å². The Morgan fingerprint density at radius 3 is 2.17 bits per heavy atom. The molecule has 244 valence electrons. The third-order valence-electron chi connectivity index (χ3n) is 8.17. The second kappa shape index (κ2) is 14.2. The van der Waals surface area contributed by atoms with E-state index in [1.807, 2.05) is 42.2 Å². The molecule has 3 aromatic carbocycles. The first-order chi connectivity index (χ1) is 23.3. The SMILES string of the molecule is COC(=O)c1ccc(CNC(=O)c2ccc(-n3c(=O)ccc4c(C)nc(N5CCN(C(=O)OCc6ccccc6)CC5)nc43)cc2)cc1. The summed E-state index contributed by atoms with van der Waals surface area (Å²) in [6, 6.07) is 26.2. The van der Waals surface area contributed by atoms with Crippen molar-refractivity contribution < 1.29 is 23.9 Å². The molecule has 5 aromatic rings. The number of ether oxygens (including phenoxy) is 2. The predicted octanol–water partition coefficient (Wildman–Crippen LogP) is 4.26. The smallest absolute Gasteiger partial charge is 0.410 e. The number of hydrogen-bond donors (Lipinski definition) is 1. The molecule has 1 fully saturated rings. The number of hydrogen-bond acceptors (Lipinski definition) is 9. The largest absolute Gasteiger partial charge is 0.465 e. The molecule has 2 amide bonds. The van der Waals surface area contributed by atoms with Crippen LogP contribution in [0.15, 0.2) is 95.8 Å². The van der Waals surface area contributed by atoms with Crippen molar-refractivity contribution in [2.75, 3.05) is 38.2 Å². The summed E-state index contributed by atoms with van der Waals surface area (Å²) in [5, 5.41) is 3.60. The van der Waals surface area contributed by atoms with Crippen LogP contribution in [-0.4, -0.2) is 70.7 Å². The van der Waals surface area contributed by atoms with Crippen LogP contribution in [0.25, 0.3) is 16.7 Å². The van der Waals surface area contributed by atoms with Crippen molar-refractivity contribution >= 4 is 35.0 Å². The number of nitrogens with one attached hydrogen (secondary N) is 1. The fourth-order valence-electron chi connectivity index (χ4n) is 5.46. The molecule has 12 nitrogen and oxygen atoms in total. The molecule has 0 unspecified atom stereocenters. The van der Waals surface area contributed by atoms with Gasteiger partial charge in [0.25, 0.3) is 11.5 Å².